The number of nitrogens with one attached hydrogen (secondary N) is 1. The van der Waals surface area contributed by atoms with E-state index in [9.17, 15) is 5.11 Å². The molecule has 1 saturated carbocycles. The molecule has 102 valence electrons. The van der Waals surface area contributed by atoms with Crippen molar-refractivity contribution in [3.8, 4) is 0 Å². The Bertz CT molecular complexity index is 187. The molecular formula is C14H29NO2. The van der Waals surface area contributed by atoms with Gasteiger partial charge in [0.15, 0.2) is 0 Å². The van der Waals surface area contributed by atoms with E-state index in [1.165, 1.54) is 25.7 Å². The molecule has 0 aliphatic heterocycles. The molecule has 0 saturated heterocycles. The Morgan fingerprint density at radius 2 is 2.12 bits per heavy atom. The van der Waals surface area contributed by atoms with Crippen LogP contribution in [-0.2, 0) is 4.74 Å². The highest BCUT2D eigenvalue weighted by Crippen LogP contribution is 2.36. The summed E-state index contributed by atoms with van der Waals surface area (Å²) in [6, 6.07) is 0. The van der Waals surface area contributed by atoms with E-state index < -0.39 is 0 Å². The topological polar surface area (TPSA) is 41.5 Å². The zero-order valence-corrected chi connectivity index (χ0v) is 11.5. The minimum absolute atomic E-state index is 0.352. The molecule has 2 N–H and O–H groups in total. The first kappa shape index (κ1) is 14.9. The lowest BCUT2D eigenvalue weighted by Crippen LogP contribution is -2.31. The minimum Gasteiger partial charge on any atom is -0.389 e. The van der Waals surface area contributed by atoms with Gasteiger partial charge in [0.25, 0.3) is 0 Å². The average molecular weight is 243 g/mol. The zero-order valence-electron chi connectivity index (χ0n) is 11.5. The lowest BCUT2D eigenvalue weighted by atomic mass is 10.2. The van der Waals surface area contributed by atoms with E-state index in [2.05, 4.69) is 19.2 Å². The number of hydrogen-bond acceptors (Lipinski definition) is 3. The molecule has 0 amide bonds. The molecule has 0 aromatic heterocycles. The fourth-order valence-electron chi connectivity index (χ4n) is 2.03. The monoisotopic (exact) mass is 243 g/mol. The van der Waals surface area contributed by atoms with Gasteiger partial charge in [-0.1, -0.05) is 33.1 Å². The number of aliphatic hydroxyl groups is 1. The van der Waals surface area contributed by atoms with E-state index in [0.29, 0.717) is 13.2 Å². The fourth-order valence-corrected chi connectivity index (χ4v) is 2.03. The lowest BCUT2D eigenvalue weighted by Gasteiger charge is -2.12. The second-order valence-electron chi connectivity index (χ2n) is 5.42. The maximum absolute atomic E-state index is 9.66. The number of unbranched alkanes of at least 4 members (excludes halogenated alkanes) is 3. The van der Waals surface area contributed by atoms with Crippen LogP contribution in [0.25, 0.3) is 0 Å². The normalized spacial score (nSPS) is 24.9. The van der Waals surface area contributed by atoms with Gasteiger partial charge >= 0.3 is 0 Å². The van der Waals surface area contributed by atoms with Crippen LogP contribution in [0.15, 0.2) is 0 Å². The van der Waals surface area contributed by atoms with E-state index in [1.807, 2.05) is 0 Å². The molecule has 0 aromatic rings. The first-order valence-corrected chi connectivity index (χ1v) is 7.20. The van der Waals surface area contributed by atoms with Crippen molar-refractivity contribution in [2.24, 2.45) is 11.8 Å². The Hall–Kier alpha value is -0.120. The Morgan fingerprint density at radius 3 is 2.76 bits per heavy atom. The van der Waals surface area contributed by atoms with Crippen LogP contribution in [0.5, 0.6) is 0 Å². The molecule has 1 fully saturated rings. The summed E-state index contributed by atoms with van der Waals surface area (Å²) in [5, 5.41) is 13.0. The molecule has 17 heavy (non-hydrogen) atoms. The van der Waals surface area contributed by atoms with Crippen LogP contribution in [0, 0.1) is 11.8 Å². The van der Waals surface area contributed by atoms with E-state index in [1.54, 1.807) is 0 Å². The van der Waals surface area contributed by atoms with Gasteiger partial charge in [0.2, 0.25) is 0 Å². The van der Waals surface area contributed by atoms with E-state index >= 15 is 0 Å². The molecule has 0 radical (unpaired) electrons. The van der Waals surface area contributed by atoms with E-state index in [0.717, 1.165) is 31.4 Å². The molecule has 1 aliphatic rings. The van der Waals surface area contributed by atoms with Crippen LogP contribution in [-0.4, -0.2) is 37.5 Å². The van der Waals surface area contributed by atoms with Gasteiger partial charge in [-0.15, -0.1) is 0 Å². The molecular weight excluding hydrogens is 214 g/mol. The molecule has 3 unspecified atom stereocenters. The maximum atomic E-state index is 9.66. The maximum Gasteiger partial charge on any atom is 0.0897 e. The third-order valence-electron chi connectivity index (χ3n) is 3.52. The molecule has 0 aromatic carbocycles. The van der Waals surface area contributed by atoms with Gasteiger partial charge in [0.05, 0.1) is 12.7 Å². The molecule has 0 spiro atoms. The van der Waals surface area contributed by atoms with Gasteiger partial charge in [-0.2, -0.15) is 0 Å². The van der Waals surface area contributed by atoms with Crippen LogP contribution >= 0.6 is 0 Å². The number of ether oxygens (including phenoxy) is 1. The van der Waals surface area contributed by atoms with Gasteiger partial charge in [-0.3, -0.25) is 0 Å². The van der Waals surface area contributed by atoms with E-state index in [4.69, 9.17) is 4.74 Å². The molecule has 3 atom stereocenters. The summed E-state index contributed by atoms with van der Waals surface area (Å²) >= 11 is 0. The molecule has 0 heterocycles. The van der Waals surface area contributed by atoms with Crippen LogP contribution in [0.1, 0.15) is 46.0 Å². The van der Waals surface area contributed by atoms with Crippen molar-refractivity contribution in [3.05, 3.63) is 0 Å². The molecule has 1 aliphatic carbocycles. The highest BCUT2D eigenvalue weighted by Gasteiger charge is 2.31. The molecule has 0 bridgehead atoms. The van der Waals surface area contributed by atoms with Crippen LogP contribution in [0.3, 0.4) is 0 Å². The predicted molar refractivity (Wildman–Crippen MR) is 71.1 cm³/mol. The van der Waals surface area contributed by atoms with Gasteiger partial charge < -0.3 is 15.2 Å². The van der Waals surface area contributed by atoms with Crippen LogP contribution < -0.4 is 5.32 Å². The zero-order chi connectivity index (χ0) is 12.5. The molecule has 3 heteroatoms. The van der Waals surface area contributed by atoms with Gasteiger partial charge in [0, 0.05) is 13.2 Å². The fraction of sp³-hybridized carbons (Fsp3) is 1.00. The number of hydrogen-bond donors (Lipinski definition) is 2. The summed E-state index contributed by atoms with van der Waals surface area (Å²) in [7, 11) is 0. The standard InChI is InChI=1S/C14H29NO2/c1-3-4-5-6-7-17-11-14(16)10-15-9-13-8-12(13)2/h12-16H,3-11H2,1-2H3. The Morgan fingerprint density at radius 1 is 1.35 bits per heavy atom. The van der Waals surface area contributed by atoms with Crippen molar-refractivity contribution in [2.45, 2.75) is 52.1 Å². The van der Waals surface area contributed by atoms with Crippen molar-refractivity contribution in [2.75, 3.05) is 26.3 Å². The van der Waals surface area contributed by atoms with Crippen molar-refractivity contribution in [3.63, 3.8) is 0 Å². The molecule has 3 nitrogen and oxygen atoms in total. The highest BCUT2D eigenvalue weighted by atomic mass is 16.5. The third-order valence-corrected chi connectivity index (χ3v) is 3.52. The second-order valence-corrected chi connectivity index (χ2v) is 5.42. The largest absolute Gasteiger partial charge is 0.389 e. The molecule has 1 rings (SSSR count). The lowest BCUT2D eigenvalue weighted by molar-refractivity contribution is 0.0354. The van der Waals surface area contributed by atoms with Crippen molar-refractivity contribution in [1.29, 1.82) is 0 Å². The minimum atomic E-state index is -0.352. The smallest absolute Gasteiger partial charge is 0.0897 e. The van der Waals surface area contributed by atoms with Gasteiger partial charge in [-0.05, 0) is 31.2 Å². The first-order valence-electron chi connectivity index (χ1n) is 7.20. The highest BCUT2D eigenvalue weighted by molar-refractivity contribution is 4.84. The summed E-state index contributed by atoms with van der Waals surface area (Å²) in [5.74, 6) is 1.73. The van der Waals surface area contributed by atoms with Gasteiger partial charge in [0.1, 0.15) is 0 Å². The predicted octanol–water partition coefficient (Wildman–Crippen LogP) is 2.19. The number of aliphatic hydroxyl groups excluding tert-OH is 1. The quantitative estimate of drug-likeness (QED) is 0.547. The SMILES string of the molecule is CCCCCCOCC(O)CNCC1CC1C. The summed E-state index contributed by atoms with van der Waals surface area (Å²) in [4.78, 5) is 0. The Kier molecular flexibility index (Phi) is 7.82. The Balaban J connectivity index is 1.79. The van der Waals surface area contributed by atoms with Crippen molar-refractivity contribution < 1.29 is 9.84 Å². The van der Waals surface area contributed by atoms with Crippen molar-refractivity contribution in [1.82, 2.24) is 5.32 Å². The summed E-state index contributed by atoms with van der Waals surface area (Å²) in [6.07, 6.45) is 5.89. The number of rotatable bonds is 11. The summed E-state index contributed by atoms with van der Waals surface area (Å²) in [5.41, 5.74) is 0. The van der Waals surface area contributed by atoms with Crippen LogP contribution in [0.2, 0.25) is 0 Å². The summed E-state index contributed by atoms with van der Waals surface area (Å²) in [6.45, 7) is 7.46. The van der Waals surface area contributed by atoms with Gasteiger partial charge in [-0.25, -0.2) is 0 Å². The Labute approximate surface area is 106 Å². The van der Waals surface area contributed by atoms with Crippen LogP contribution in [0.4, 0.5) is 0 Å². The van der Waals surface area contributed by atoms with Crippen molar-refractivity contribution >= 4 is 0 Å². The average Bonchev–Trinajstić information content (AvgIpc) is 3.00. The summed E-state index contributed by atoms with van der Waals surface area (Å²) < 4.78 is 5.45. The first-order chi connectivity index (χ1) is 8.24. The third kappa shape index (κ3) is 7.74. The van der Waals surface area contributed by atoms with E-state index in [-0.39, 0.29) is 6.10 Å². The second kappa shape index (κ2) is 8.90.